The Labute approximate surface area is 76.5 Å². The minimum absolute atomic E-state index is 0.513. The second-order valence-corrected chi connectivity index (χ2v) is 4.09. The Morgan fingerprint density at radius 1 is 1.58 bits per heavy atom. The highest BCUT2D eigenvalue weighted by Gasteiger charge is 2.23. The van der Waals surface area contributed by atoms with Gasteiger partial charge in [-0.2, -0.15) is 0 Å². The predicted octanol–water partition coefficient (Wildman–Crippen LogP) is 3.20. The Kier molecular flexibility index (Phi) is 4.07. The molecule has 0 aromatic heterocycles. The first-order valence-corrected chi connectivity index (χ1v) is 5.17. The van der Waals surface area contributed by atoms with Gasteiger partial charge in [0.25, 0.3) is 0 Å². The number of hydrogen-bond donors (Lipinski definition) is 0. The van der Waals surface area contributed by atoms with E-state index in [-0.39, 0.29) is 0 Å². The van der Waals surface area contributed by atoms with Crippen molar-refractivity contribution in [2.75, 3.05) is 6.61 Å². The van der Waals surface area contributed by atoms with Gasteiger partial charge in [-0.1, -0.05) is 27.2 Å². The fraction of sp³-hybridized carbons (Fsp3) is 0.909. The van der Waals surface area contributed by atoms with Crippen molar-refractivity contribution >= 4 is 0 Å². The average Bonchev–Trinajstić information content (AvgIpc) is 2.05. The molecule has 1 rings (SSSR count). The third-order valence-electron chi connectivity index (χ3n) is 2.79. The van der Waals surface area contributed by atoms with Gasteiger partial charge >= 0.3 is 0 Å². The van der Waals surface area contributed by atoms with Crippen LogP contribution in [0.3, 0.4) is 0 Å². The Morgan fingerprint density at radius 3 is 2.92 bits per heavy atom. The summed E-state index contributed by atoms with van der Waals surface area (Å²) in [6.07, 6.45) is 5.47. The van der Waals surface area contributed by atoms with Crippen molar-refractivity contribution in [3.63, 3.8) is 0 Å². The highest BCUT2D eigenvalue weighted by molar-refractivity contribution is 4.91. The lowest BCUT2D eigenvalue weighted by atomic mass is 9.88. The van der Waals surface area contributed by atoms with Crippen molar-refractivity contribution in [2.24, 2.45) is 5.92 Å². The van der Waals surface area contributed by atoms with Crippen molar-refractivity contribution in [3.8, 4) is 0 Å². The molecule has 1 aliphatic heterocycles. The van der Waals surface area contributed by atoms with Crippen LogP contribution in [-0.2, 0) is 4.74 Å². The first-order valence-electron chi connectivity index (χ1n) is 5.17. The molecule has 0 saturated carbocycles. The van der Waals surface area contributed by atoms with Gasteiger partial charge in [0.05, 0.1) is 6.10 Å². The summed E-state index contributed by atoms with van der Waals surface area (Å²) in [6, 6.07) is 0. The molecule has 1 saturated heterocycles. The molecule has 2 atom stereocenters. The smallest absolute Gasteiger partial charge is 0.0606 e. The first kappa shape index (κ1) is 10.0. The second-order valence-electron chi connectivity index (χ2n) is 4.09. The van der Waals surface area contributed by atoms with Crippen LogP contribution in [0.15, 0.2) is 0 Å². The zero-order chi connectivity index (χ0) is 8.97. The molecule has 1 radical (unpaired) electrons. The summed E-state index contributed by atoms with van der Waals surface area (Å²) in [4.78, 5) is 0. The molecule has 1 heteroatoms. The summed E-state index contributed by atoms with van der Waals surface area (Å²) in [7, 11) is 0. The van der Waals surface area contributed by atoms with E-state index in [4.69, 9.17) is 4.74 Å². The summed E-state index contributed by atoms with van der Waals surface area (Å²) >= 11 is 0. The van der Waals surface area contributed by atoms with E-state index in [2.05, 4.69) is 20.8 Å². The third-order valence-corrected chi connectivity index (χ3v) is 2.79. The molecule has 1 nitrogen and oxygen atoms in total. The summed E-state index contributed by atoms with van der Waals surface area (Å²) in [5.74, 6) is 2.36. The topological polar surface area (TPSA) is 9.23 Å². The molecule has 0 N–H and O–H groups in total. The fourth-order valence-electron chi connectivity index (χ4n) is 1.90. The quantitative estimate of drug-likeness (QED) is 0.630. The molecule has 0 aromatic rings. The van der Waals surface area contributed by atoms with E-state index in [9.17, 15) is 0 Å². The third kappa shape index (κ3) is 2.78. The SMILES string of the molecule is CCCC(C)C1C[C](C)CCO1. The van der Waals surface area contributed by atoms with E-state index < -0.39 is 0 Å². The lowest BCUT2D eigenvalue weighted by molar-refractivity contribution is -0.00960. The minimum atomic E-state index is 0.513. The second kappa shape index (κ2) is 4.86. The van der Waals surface area contributed by atoms with E-state index in [0.29, 0.717) is 6.10 Å². The Bertz CT molecular complexity index is 122. The van der Waals surface area contributed by atoms with Gasteiger partial charge in [-0.25, -0.2) is 0 Å². The van der Waals surface area contributed by atoms with Crippen LogP contribution in [0, 0.1) is 11.8 Å². The fourth-order valence-corrected chi connectivity index (χ4v) is 1.90. The number of ether oxygens (including phenoxy) is 1. The van der Waals surface area contributed by atoms with Gasteiger partial charge in [-0.3, -0.25) is 0 Å². The maximum atomic E-state index is 5.74. The molecular formula is C11H21O. The summed E-state index contributed by atoms with van der Waals surface area (Å²) < 4.78 is 5.74. The van der Waals surface area contributed by atoms with Gasteiger partial charge in [0, 0.05) is 6.61 Å². The Balaban J connectivity index is 2.29. The van der Waals surface area contributed by atoms with E-state index in [1.54, 1.807) is 5.92 Å². The van der Waals surface area contributed by atoms with Crippen LogP contribution in [0.1, 0.15) is 46.5 Å². The molecule has 12 heavy (non-hydrogen) atoms. The first-order chi connectivity index (χ1) is 5.74. The van der Waals surface area contributed by atoms with E-state index in [0.717, 1.165) is 12.5 Å². The van der Waals surface area contributed by atoms with Crippen molar-refractivity contribution in [2.45, 2.75) is 52.6 Å². The van der Waals surface area contributed by atoms with Gasteiger partial charge in [0.2, 0.25) is 0 Å². The summed E-state index contributed by atoms with van der Waals surface area (Å²) in [5.41, 5.74) is 0. The highest BCUT2D eigenvalue weighted by atomic mass is 16.5. The zero-order valence-electron chi connectivity index (χ0n) is 8.60. The van der Waals surface area contributed by atoms with Crippen LogP contribution < -0.4 is 0 Å². The van der Waals surface area contributed by atoms with Crippen molar-refractivity contribution in [1.82, 2.24) is 0 Å². The monoisotopic (exact) mass is 169 g/mol. The lowest BCUT2D eigenvalue weighted by Gasteiger charge is -2.31. The van der Waals surface area contributed by atoms with Crippen molar-refractivity contribution in [3.05, 3.63) is 5.92 Å². The molecule has 0 spiro atoms. The molecular weight excluding hydrogens is 148 g/mol. The van der Waals surface area contributed by atoms with Gasteiger partial charge in [0.1, 0.15) is 0 Å². The maximum Gasteiger partial charge on any atom is 0.0606 e. The van der Waals surface area contributed by atoms with E-state index in [1.165, 1.54) is 25.7 Å². The molecule has 1 fully saturated rings. The van der Waals surface area contributed by atoms with Crippen LogP contribution in [-0.4, -0.2) is 12.7 Å². The van der Waals surface area contributed by atoms with Gasteiger partial charge < -0.3 is 4.74 Å². The maximum absolute atomic E-state index is 5.74. The van der Waals surface area contributed by atoms with E-state index >= 15 is 0 Å². The highest BCUT2D eigenvalue weighted by Crippen LogP contribution is 2.27. The largest absolute Gasteiger partial charge is 0.378 e. The summed E-state index contributed by atoms with van der Waals surface area (Å²) in [5, 5.41) is 0. The van der Waals surface area contributed by atoms with Crippen LogP contribution >= 0.6 is 0 Å². The van der Waals surface area contributed by atoms with Crippen LogP contribution in [0.4, 0.5) is 0 Å². The van der Waals surface area contributed by atoms with Gasteiger partial charge in [-0.15, -0.1) is 0 Å². The van der Waals surface area contributed by atoms with E-state index in [1.807, 2.05) is 0 Å². The molecule has 0 aliphatic carbocycles. The minimum Gasteiger partial charge on any atom is -0.378 e. The van der Waals surface area contributed by atoms with Gasteiger partial charge in [0.15, 0.2) is 0 Å². The van der Waals surface area contributed by atoms with Gasteiger partial charge in [-0.05, 0) is 31.1 Å². The molecule has 0 amide bonds. The molecule has 71 valence electrons. The lowest BCUT2D eigenvalue weighted by Crippen LogP contribution is -2.29. The number of rotatable bonds is 3. The standard InChI is InChI=1S/C11H21O/c1-4-5-10(3)11-8-9(2)6-7-12-11/h10-11H,4-8H2,1-3H3. The molecule has 1 aliphatic rings. The van der Waals surface area contributed by atoms with Crippen LogP contribution in [0.25, 0.3) is 0 Å². The van der Waals surface area contributed by atoms with Crippen molar-refractivity contribution < 1.29 is 4.74 Å². The Hall–Kier alpha value is -0.0400. The molecule has 2 unspecified atom stereocenters. The number of hydrogen-bond acceptors (Lipinski definition) is 1. The zero-order valence-corrected chi connectivity index (χ0v) is 8.60. The molecule has 0 aromatic carbocycles. The molecule has 1 heterocycles. The van der Waals surface area contributed by atoms with Crippen molar-refractivity contribution in [1.29, 1.82) is 0 Å². The average molecular weight is 169 g/mol. The van der Waals surface area contributed by atoms with Crippen LogP contribution in [0.5, 0.6) is 0 Å². The predicted molar refractivity (Wildman–Crippen MR) is 52.0 cm³/mol. The normalized spacial score (nSPS) is 28.8. The van der Waals surface area contributed by atoms with Crippen LogP contribution in [0.2, 0.25) is 0 Å². The Morgan fingerprint density at radius 2 is 2.33 bits per heavy atom. The summed E-state index contributed by atoms with van der Waals surface area (Å²) in [6.45, 7) is 7.77. The molecule has 0 bridgehead atoms.